The Balaban J connectivity index is 2.63. The van der Waals surface area contributed by atoms with E-state index in [-0.39, 0.29) is 11.4 Å². The summed E-state index contributed by atoms with van der Waals surface area (Å²) in [7, 11) is 0. The minimum absolute atomic E-state index is 0.142. The Bertz CT molecular complexity index is 509. The van der Waals surface area contributed by atoms with Crippen molar-refractivity contribution in [3.8, 4) is 0 Å². The van der Waals surface area contributed by atoms with Crippen molar-refractivity contribution in [1.82, 2.24) is 9.88 Å². The molecule has 0 aliphatic rings. The molecule has 0 saturated heterocycles. The third-order valence-corrected chi connectivity index (χ3v) is 4.05. The van der Waals surface area contributed by atoms with E-state index in [4.69, 9.17) is 5.11 Å². The highest BCUT2D eigenvalue weighted by atomic mass is 32.2. The molecule has 8 heteroatoms. The molecule has 0 bridgehead atoms. The molecular formula is C11H16N2O4S2. The van der Waals surface area contributed by atoms with Crippen LogP contribution >= 0.6 is 23.1 Å². The highest BCUT2D eigenvalue weighted by Crippen LogP contribution is 2.02. The molecule has 1 unspecified atom stereocenters. The van der Waals surface area contributed by atoms with Crippen molar-refractivity contribution in [2.24, 2.45) is 0 Å². The zero-order valence-electron chi connectivity index (χ0n) is 10.7. The van der Waals surface area contributed by atoms with E-state index < -0.39 is 17.9 Å². The topological polar surface area (TPSA) is 88.4 Å². The fourth-order valence-corrected chi connectivity index (χ4v) is 2.68. The number of aryl methyl sites for hydroxylation is 1. The van der Waals surface area contributed by atoms with Crippen LogP contribution in [-0.4, -0.2) is 39.6 Å². The molecule has 1 aromatic heterocycles. The van der Waals surface area contributed by atoms with Gasteiger partial charge in [0.1, 0.15) is 12.6 Å². The number of aromatic nitrogens is 1. The van der Waals surface area contributed by atoms with Gasteiger partial charge in [-0.1, -0.05) is 11.3 Å². The second-order valence-corrected chi connectivity index (χ2v) is 5.78. The number of amides is 1. The van der Waals surface area contributed by atoms with E-state index in [2.05, 4.69) is 5.32 Å². The lowest BCUT2D eigenvalue weighted by molar-refractivity contribution is -0.141. The van der Waals surface area contributed by atoms with Crippen molar-refractivity contribution >= 4 is 35.0 Å². The number of carbonyl (C=O) groups excluding carboxylic acids is 1. The van der Waals surface area contributed by atoms with E-state index in [1.54, 1.807) is 12.3 Å². The van der Waals surface area contributed by atoms with Crippen molar-refractivity contribution < 1.29 is 14.7 Å². The van der Waals surface area contributed by atoms with Crippen LogP contribution in [0.3, 0.4) is 0 Å². The number of hydrogen-bond acceptors (Lipinski definition) is 5. The van der Waals surface area contributed by atoms with Gasteiger partial charge in [-0.25, -0.2) is 4.79 Å². The fraction of sp³-hybridized carbons (Fsp3) is 0.545. The first kappa shape index (κ1) is 15.8. The predicted molar refractivity (Wildman–Crippen MR) is 75.9 cm³/mol. The van der Waals surface area contributed by atoms with E-state index in [9.17, 15) is 14.4 Å². The van der Waals surface area contributed by atoms with Crippen LogP contribution in [0.25, 0.3) is 0 Å². The van der Waals surface area contributed by atoms with E-state index in [0.717, 1.165) is 11.3 Å². The summed E-state index contributed by atoms with van der Waals surface area (Å²) >= 11 is 2.54. The SMILES string of the molecule is CSCCC(NC(=O)Cn1c(C)csc1=O)C(=O)O. The third kappa shape index (κ3) is 4.71. The summed E-state index contributed by atoms with van der Waals surface area (Å²) in [6, 6.07) is -0.908. The molecule has 1 rings (SSSR count). The van der Waals surface area contributed by atoms with Crippen molar-refractivity contribution in [2.45, 2.75) is 25.9 Å². The summed E-state index contributed by atoms with van der Waals surface area (Å²) in [5.41, 5.74) is 0.695. The number of carboxylic acids is 1. The average molecular weight is 304 g/mol. The van der Waals surface area contributed by atoms with Gasteiger partial charge in [-0.15, -0.1) is 0 Å². The van der Waals surface area contributed by atoms with Gasteiger partial charge in [0.05, 0.1) is 0 Å². The average Bonchev–Trinajstić information content (AvgIpc) is 2.66. The van der Waals surface area contributed by atoms with Gasteiger partial charge in [0.25, 0.3) is 0 Å². The molecular weight excluding hydrogens is 288 g/mol. The van der Waals surface area contributed by atoms with Crippen LogP contribution in [0.1, 0.15) is 12.1 Å². The largest absolute Gasteiger partial charge is 0.480 e. The Morgan fingerprint density at radius 3 is 2.74 bits per heavy atom. The lowest BCUT2D eigenvalue weighted by atomic mass is 10.2. The number of nitrogens with zero attached hydrogens (tertiary/aromatic N) is 1. The maximum absolute atomic E-state index is 11.8. The van der Waals surface area contributed by atoms with Crippen molar-refractivity contribution in [2.75, 3.05) is 12.0 Å². The molecule has 1 atom stereocenters. The van der Waals surface area contributed by atoms with Gasteiger partial charge >= 0.3 is 10.8 Å². The fourth-order valence-electron chi connectivity index (χ4n) is 1.47. The van der Waals surface area contributed by atoms with Crippen molar-refractivity contribution in [1.29, 1.82) is 0 Å². The normalized spacial score (nSPS) is 12.1. The molecule has 1 heterocycles. The zero-order chi connectivity index (χ0) is 14.4. The number of carboxylic acid groups (broad SMARTS) is 1. The van der Waals surface area contributed by atoms with Crippen LogP contribution in [0.4, 0.5) is 0 Å². The number of thiazole rings is 1. The van der Waals surface area contributed by atoms with Gasteiger partial charge in [-0.3, -0.25) is 14.2 Å². The highest BCUT2D eigenvalue weighted by molar-refractivity contribution is 7.98. The number of thioether (sulfide) groups is 1. The maximum Gasteiger partial charge on any atom is 0.326 e. The third-order valence-electron chi connectivity index (χ3n) is 2.52. The first-order valence-corrected chi connectivity index (χ1v) is 7.89. The van der Waals surface area contributed by atoms with Gasteiger partial charge in [0.2, 0.25) is 5.91 Å². The summed E-state index contributed by atoms with van der Waals surface area (Å²) in [5, 5.41) is 13.1. The Morgan fingerprint density at radius 1 is 1.58 bits per heavy atom. The molecule has 0 aliphatic heterocycles. The summed E-state index contributed by atoms with van der Waals surface area (Å²) in [6.07, 6.45) is 2.23. The van der Waals surface area contributed by atoms with E-state index in [1.807, 2.05) is 6.26 Å². The number of carbonyl (C=O) groups is 2. The van der Waals surface area contributed by atoms with E-state index in [1.165, 1.54) is 16.3 Å². The molecule has 0 fully saturated rings. The molecule has 2 N–H and O–H groups in total. The number of rotatable bonds is 7. The molecule has 0 radical (unpaired) electrons. The van der Waals surface area contributed by atoms with Crippen LogP contribution in [0.2, 0.25) is 0 Å². The molecule has 1 amide bonds. The lowest BCUT2D eigenvalue weighted by Crippen LogP contribution is -2.43. The van der Waals surface area contributed by atoms with Crippen LogP contribution < -0.4 is 10.2 Å². The van der Waals surface area contributed by atoms with Gasteiger partial charge < -0.3 is 10.4 Å². The van der Waals surface area contributed by atoms with Crippen LogP contribution in [0.5, 0.6) is 0 Å². The Hall–Kier alpha value is -1.28. The van der Waals surface area contributed by atoms with Gasteiger partial charge in [0, 0.05) is 11.1 Å². The summed E-state index contributed by atoms with van der Waals surface area (Å²) in [5.74, 6) is -0.872. The summed E-state index contributed by atoms with van der Waals surface area (Å²) in [6.45, 7) is 1.59. The zero-order valence-corrected chi connectivity index (χ0v) is 12.3. The first-order chi connectivity index (χ1) is 8.95. The predicted octanol–water partition coefficient (Wildman–Crippen LogP) is 0.541. The number of aliphatic carboxylic acids is 1. The molecule has 1 aromatic rings. The molecule has 0 aromatic carbocycles. The van der Waals surface area contributed by atoms with Crippen LogP contribution in [-0.2, 0) is 16.1 Å². The van der Waals surface area contributed by atoms with Crippen molar-refractivity contribution in [3.05, 3.63) is 20.7 Å². The summed E-state index contributed by atoms with van der Waals surface area (Å²) < 4.78 is 1.33. The van der Waals surface area contributed by atoms with Crippen LogP contribution in [0.15, 0.2) is 10.2 Å². The number of nitrogens with one attached hydrogen (secondary N) is 1. The molecule has 6 nitrogen and oxygen atoms in total. The second-order valence-electron chi connectivity index (χ2n) is 3.97. The van der Waals surface area contributed by atoms with E-state index in [0.29, 0.717) is 17.9 Å². The lowest BCUT2D eigenvalue weighted by Gasteiger charge is -2.14. The Labute approximate surface area is 118 Å². The van der Waals surface area contributed by atoms with Crippen LogP contribution in [0, 0.1) is 6.92 Å². The van der Waals surface area contributed by atoms with Gasteiger partial charge in [0.15, 0.2) is 0 Å². The van der Waals surface area contributed by atoms with Gasteiger partial charge in [-0.2, -0.15) is 11.8 Å². The smallest absolute Gasteiger partial charge is 0.326 e. The summed E-state index contributed by atoms with van der Waals surface area (Å²) in [4.78, 5) is 34.0. The van der Waals surface area contributed by atoms with Crippen molar-refractivity contribution in [3.63, 3.8) is 0 Å². The first-order valence-electron chi connectivity index (χ1n) is 5.61. The second kappa shape index (κ2) is 7.34. The minimum atomic E-state index is -1.06. The molecule has 0 spiro atoms. The standard InChI is InChI=1S/C11H16N2O4S2/c1-7-6-19-11(17)13(7)5-9(14)12-8(10(15)16)3-4-18-2/h6,8H,3-5H2,1-2H3,(H,12,14)(H,15,16). The minimum Gasteiger partial charge on any atom is -0.480 e. The monoisotopic (exact) mass is 304 g/mol. The molecule has 0 saturated carbocycles. The maximum atomic E-state index is 11.8. The molecule has 19 heavy (non-hydrogen) atoms. The highest BCUT2D eigenvalue weighted by Gasteiger charge is 2.20. The quantitative estimate of drug-likeness (QED) is 0.767. The Morgan fingerprint density at radius 2 is 2.26 bits per heavy atom. The Kier molecular flexibility index (Phi) is 6.10. The van der Waals surface area contributed by atoms with E-state index >= 15 is 0 Å². The number of hydrogen-bond donors (Lipinski definition) is 2. The molecule has 106 valence electrons. The van der Waals surface area contributed by atoms with Gasteiger partial charge in [-0.05, 0) is 25.4 Å². The molecule has 0 aliphatic carbocycles.